The minimum atomic E-state index is -0.0694. The first-order chi connectivity index (χ1) is 5.33. The zero-order chi connectivity index (χ0) is 8.16. The van der Waals surface area contributed by atoms with Gasteiger partial charge in [-0.2, -0.15) is 0 Å². The molecular weight excluding hydrogens is 140 g/mol. The van der Waals surface area contributed by atoms with Gasteiger partial charge in [-0.3, -0.25) is 4.79 Å². The molecule has 3 heteroatoms. The third-order valence-corrected chi connectivity index (χ3v) is 2.57. The van der Waals surface area contributed by atoms with Crippen molar-refractivity contribution in [1.82, 2.24) is 5.32 Å². The van der Waals surface area contributed by atoms with Gasteiger partial charge in [-0.25, -0.2) is 0 Å². The van der Waals surface area contributed by atoms with Gasteiger partial charge in [0.25, 0.3) is 0 Å². The molecule has 1 fully saturated rings. The maximum absolute atomic E-state index is 10.3. The molecule has 0 spiro atoms. The predicted octanol–water partition coefficient (Wildman–Crippen LogP) is 0.394. The summed E-state index contributed by atoms with van der Waals surface area (Å²) in [5.41, 5.74) is 5.53. The van der Waals surface area contributed by atoms with Crippen molar-refractivity contribution in [3.05, 3.63) is 0 Å². The minimum absolute atomic E-state index is 0.0694. The van der Waals surface area contributed by atoms with Gasteiger partial charge in [0.15, 0.2) is 0 Å². The Balaban J connectivity index is 2.49. The van der Waals surface area contributed by atoms with Crippen molar-refractivity contribution in [1.29, 1.82) is 0 Å². The Kier molecular flexibility index (Phi) is 2.88. The standard InChI is InChI=1S/C8H16N2O/c9-6-8(10-7-11)4-2-1-3-5-8/h7H,1-6,9H2,(H,10,11). The quantitative estimate of drug-likeness (QED) is 0.581. The van der Waals surface area contributed by atoms with E-state index < -0.39 is 0 Å². The van der Waals surface area contributed by atoms with E-state index >= 15 is 0 Å². The van der Waals surface area contributed by atoms with E-state index in [0.29, 0.717) is 6.54 Å². The summed E-state index contributed by atoms with van der Waals surface area (Å²) in [5.74, 6) is 0. The van der Waals surface area contributed by atoms with Crippen LogP contribution in [0.3, 0.4) is 0 Å². The summed E-state index contributed by atoms with van der Waals surface area (Å²) in [6.07, 6.45) is 6.53. The maximum atomic E-state index is 10.3. The lowest BCUT2D eigenvalue weighted by Crippen LogP contribution is -2.51. The molecule has 3 N–H and O–H groups in total. The Morgan fingerprint density at radius 3 is 2.45 bits per heavy atom. The molecule has 0 unspecified atom stereocenters. The highest BCUT2D eigenvalue weighted by Gasteiger charge is 2.29. The molecule has 0 heterocycles. The van der Waals surface area contributed by atoms with Gasteiger partial charge in [-0.15, -0.1) is 0 Å². The summed E-state index contributed by atoms with van der Waals surface area (Å²) in [6.45, 7) is 0.575. The highest BCUT2D eigenvalue weighted by molar-refractivity contribution is 5.48. The molecular formula is C8H16N2O. The van der Waals surface area contributed by atoms with E-state index in [1.807, 2.05) is 0 Å². The molecule has 0 aromatic carbocycles. The van der Waals surface area contributed by atoms with Crippen molar-refractivity contribution in [3.63, 3.8) is 0 Å². The Morgan fingerprint density at radius 2 is 2.00 bits per heavy atom. The van der Waals surface area contributed by atoms with Gasteiger partial charge in [0, 0.05) is 6.54 Å². The summed E-state index contributed by atoms with van der Waals surface area (Å²) >= 11 is 0. The van der Waals surface area contributed by atoms with Crippen LogP contribution < -0.4 is 11.1 Å². The topological polar surface area (TPSA) is 55.1 Å². The van der Waals surface area contributed by atoms with Crippen LogP contribution in [-0.4, -0.2) is 18.5 Å². The van der Waals surface area contributed by atoms with Crippen molar-refractivity contribution in [2.24, 2.45) is 5.73 Å². The van der Waals surface area contributed by atoms with Crippen LogP contribution in [0.4, 0.5) is 0 Å². The normalized spacial score (nSPS) is 22.6. The first-order valence-corrected chi connectivity index (χ1v) is 4.24. The molecule has 0 atom stereocenters. The van der Waals surface area contributed by atoms with Crippen LogP contribution >= 0.6 is 0 Å². The van der Waals surface area contributed by atoms with E-state index in [1.165, 1.54) is 19.3 Å². The first-order valence-electron chi connectivity index (χ1n) is 4.24. The highest BCUT2D eigenvalue weighted by Crippen LogP contribution is 2.26. The molecule has 1 saturated carbocycles. The van der Waals surface area contributed by atoms with Gasteiger partial charge in [0.2, 0.25) is 6.41 Å². The van der Waals surface area contributed by atoms with Crippen LogP contribution in [0, 0.1) is 0 Å². The number of carbonyl (C=O) groups excluding carboxylic acids is 1. The van der Waals surface area contributed by atoms with E-state index in [4.69, 9.17) is 5.73 Å². The molecule has 1 aliphatic rings. The third-order valence-electron chi connectivity index (χ3n) is 2.57. The van der Waals surface area contributed by atoms with Crippen LogP contribution in [0.1, 0.15) is 32.1 Å². The van der Waals surface area contributed by atoms with E-state index in [2.05, 4.69) is 5.32 Å². The number of amides is 1. The molecule has 0 bridgehead atoms. The molecule has 64 valence electrons. The molecule has 1 amide bonds. The zero-order valence-corrected chi connectivity index (χ0v) is 6.81. The number of nitrogens with two attached hydrogens (primary N) is 1. The van der Waals surface area contributed by atoms with Crippen LogP contribution in [0.5, 0.6) is 0 Å². The van der Waals surface area contributed by atoms with Crippen molar-refractivity contribution in [2.45, 2.75) is 37.6 Å². The largest absolute Gasteiger partial charge is 0.352 e. The molecule has 11 heavy (non-hydrogen) atoms. The van der Waals surface area contributed by atoms with E-state index in [1.54, 1.807) is 0 Å². The summed E-state index contributed by atoms with van der Waals surface area (Å²) in [7, 11) is 0. The SMILES string of the molecule is NCC1(NC=O)CCCCC1. The molecule has 3 nitrogen and oxygen atoms in total. The van der Waals surface area contributed by atoms with Gasteiger partial charge < -0.3 is 11.1 Å². The summed E-state index contributed by atoms with van der Waals surface area (Å²) in [4.78, 5) is 10.3. The van der Waals surface area contributed by atoms with E-state index in [0.717, 1.165) is 19.3 Å². The fraction of sp³-hybridized carbons (Fsp3) is 0.875. The maximum Gasteiger partial charge on any atom is 0.207 e. The lowest BCUT2D eigenvalue weighted by Gasteiger charge is -2.35. The summed E-state index contributed by atoms with van der Waals surface area (Å²) in [6, 6.07) is 0. The number of hydrogen-bond donors (Lipinski definition) is 2. The average molecular weight is 156 g/mol. The Hall–Kier alpha value is -0.570. The lowest BCUT2D eigenvalue weighted by atomic mass is 9.82. The third kappa shape index (κ3) is 1.93. The van der Waals surface area contributed by atoms with Crippen LogP contribution in [0.25, 0.3) is 0 Å². The fourth-order valence-corrected chi connectivity index (χ4v) is 1.76. The molecule has 1 rings (SSSR count). The van der Waals surface area contributed by atoms with E-state index in [-0.39, 0.29) is 5.54 Å². The Morgan fingerprint density at radius 1 is 1.36 bits per heavy atom. The number of nitrogens with one attached hydrogen (secondary N) is 1. The summed E-state index contributed by atoms with van der Waals surface area (Å²) in [5, 5.41) is 2.84. The molecule has 0 saturated heterocycles. The summed E-state index contributed by atoms with van der Waals surface area (Å²) < 4.78 is 0. The smallest absolute Gasteiger partial charge is 0.207 e. The Labute approximate surface area is 67.3 Å². The van der Waals surface area contributed by atoms with Crippen LogP contribution in [0.15, 0.2) is 0 Å². The lowest BCUT2D eigenvalue weighted by molar-refractivity contribution is -0.111. The average Bonchev–Trinajstić information content (AvgIpc) is 2.07. The van der Waals surface area contributed by atoms with Gasteiger partial charge in [0.05, 0.1) is 5.54 Å². The second-order valence-corrected chi connectivity index (χ2v) is 3.31. The zero-order valence-electron chi connectivity index (χ0n) is 6.81. The van der Waals surface area contributed by atoms with Crippen LogP contribution in [-0.2, 0) is 4.79 Å². The van der Waals surface area contributed by atoms with Gasteiger partial charge in [0.1, 0.15) is 0 Å². The minimum Gasteiger partial charge on any atom is -0.352 e. The molecule has 0 aliphatic heterocycles. The molecule has 0 aromatic rings. The van der Waals surface area contributed by atoms with Crippen molar-refractivity contribution >= 4 is 6.41 Å². The van der Waals surface area contributed by atoms with Crippen molar-refractivity contribution < 1.29 is 4.79 Å². The van der Waals surface area contributed by atoms with Gasteiger partial charge in [-0.1, -0.05) is 19.3 Å². The molecule has 0 radical (unpaired) electrons. The monoisotopic (exact) mass is 156 g/mol. The van der Waals surface area contributed by atoms with Gasteiger partial charge >= 0.3 is 0 Å². The number of hydrogen-bond acceptors (Lipinski definition) is 2. The highest BCUT2D eigenvalue weighted by atomic mass is 16.1. The van der Waals surface area contributed by atoms with Crippen LogP contribution in [0.2, 0.25) is 0 Å². The second kappa shape index (κ2) is 3.72. The molecule has 0 aromatic heterocycles. The second-order valence-electron chi connectivity index (χ2n) is 3.31. The Bertz CT molecular complexity index is 130. The fourth-order valence-electron chi connectivity index (χ4n) is 1.76. The van der Waals surface area contributed by atoms with E-state index in [9.17, 15) is 4.79 Å². The number of rotatable bonds is 3. The predicted molar refractivity (Wildman–Crippen MR) is 44.1 cm³/mol. The number of carbonyl (C=O) groups is 1. The van der Waals surface area contributed by atoms with Crippen molar-refractivity contribution in [3.8, 4) is 0 Å². The van der Waals surface area contributed by atoms with Gasteiger partial charge in [-0.05, 0) is 12.8 Å². The first kappa shape index (κ1) is 8.53. The van der Waals surface area contributed by atoms with Crippen molar-refractivity contribution in [2.75, 3.05) is 6.54 Å². The molecule has 1 aliphatic carbocycles.